The van der Waals surface area contributed by atoms with Gasteiger partial charge in [0.15, 0.2) is 0 Å². The van der Waals surface area contributed by atoms with E-state index in [9.17, 15) is 23.4 Å². The van der Waals surface area contributed by atoms with Gasteiger partial charge in [-0.25, -0.2) is 4.39 Å². The van der Waals surface area contributed by atoms with E-state index in [4.69, 9.17) is 0 Å². The van der Waals surface area contributed by atoms with Gasteiger partial charge in [0.2, 0.25) is 0 Å². The minimum atomic E-state index is -2.96. The Morgan fingerprint density at radius 1 is 1.15 bits per heavy atom. The predicted octanol–water partition coefficient (Wildman–Crippen LogP) is 4.04. The molecule has 1 aliphatic rings. The second-order valence-electron chi connectivity index (χ2n) is 10.2. The van der Waals surface area contributed by atoms with Crippen LogP contribution in [-0.4, -0.2) is 74.1 Å². The Balaban J connectivity index is 1.50. The summed E-state index contributed by atoms with van der Waals surface area (Å²) >= 11 is 0. The van der Waals surface area contributed by atoms with Crippen molar-refractivity contribution in [3.05, 3.63) is 77.6 Å². The van der Waals surface area contributed by atoms with Crippen LogP contribution in [0.2, 0.25) is 0 Å². The molecule has 41 heavy (non-hydrogen) atoms. The van der Waals surface area contributed by atoms with Gasteiger partial charge in [-0.3, -0.25) is 22.9 Å². The van der Waals surface area contributed by atoms with Crippen LogP contribution in [0.1, 0.15) is 41.3 Å². The fourth-order valence-corrected chi connectivity index (χ4v) is 6.59. The number of aryl methyl sites for hydroxylation is 1. The van der Waals surface area contributed by atoms with Gasteiger partial charge in [-0.05, 0) is 49.9 Å². The van der Waals surface area contributed by atoms with Gasteiger partial charge >= 0.3 is 0 Å². The first-order chi connectivity index (χ1) is 19.8. The third-order valence-corrected chi connectivity index (χ3v) is 8.93. The molecule has 0 radical (unpaired) electrons. The molecule has 1 fully saturated rings. The number of hydrogen-bond acceptors (Lipinski definition) is 8. The zero-order valence-corrected chi connectivity index (χ0v) is 24.2. The molecule has 1 aromatic heterocycles. The number of carbonyl (C=O) groups is 1. The maximum atomic E-state index is 13.6. The Morgan fingerprint density at radius 2 is 1.95 bits per heavy atom. The van der Waals surface area contributed by atoms with Gasteiger partial charge in [0, 0.05) is 49.2 Å². The molecule has 1 saturated heterocycles. The Kier molecular flexibility index (Phi) is 11.0. The number of aliphatic hydroxyl groups excluding tert-OH is 1. The van der Waals surface area contributed by atoms with Crippen LogP contribution < -0.4 is 20.3 Å². The van der Waals surface area contributed by atoms with Crippen LogP contribution in [0.25, 0.3) is 0 Å². The summed E-state index contributed by atoms with van der Waals surface area (Å²) < 4.78 is 37.1. The van der Waals surface area contributed by atoms with Gasteiger partial charge in [-0.2, -0.15) is 5.10 Å². The predicted molar refractivity (Wildman–Crippen MR) is 162 cm³/mol. The highest BCUT2D eigenvalue weighted by molar-refractivity contribution is 8.25. The largest absolute Gasteiger partial charge is 0.390 e. The highest BCUT2D eigenvalue weighted by Crippen LogP contribution is 2.50. The molecular weight excluding hydrogens is 547 g/mol. The Bertz CT molecular complexity index is 1260. The molecule has 0 spiro atoms. The first-order valence-electron chi connectivity index (χ1n) is 14.0. The number of amides is 1. The number of alkyl halides is 1. The van der Waals surface area contributed by atoms with Gasteiger partial charge in [0.25, 0.3) is 5.91 Å². The van der Waals surface area contributed by atoms with Crippen molar-refractivity contribution in [2.24, 2.45) is 0 Å². The number of nitrogens with one attached hydrogen (secondary N) is 3. The number of benzene rings is 2. The minimum absolute atomic E-state index is 0.196. The maximum absolute atomic E-state index is 13.6. The number of nitrogens with zero attached hydrogens (tertiary/aromatic N) is 3. The van der Waals surface area contributed by atoms with Crippen LogP contribution in [0.3, 0.4) is 0 Å². The second kappa shape index (κ2) is 14.6. The van der Waals surface area contributed by atoms with Crippen molar-refractivity contribution in [2.75, 3.05) is 41.7 Å². The average molecular weight is 589 g/mol. The summed E-state index contributed by atoms with van der Waals surface area (Å²) in [6.07, 6.45) is 4.49. The van der Waals surface area contributed by atoms with Crippen molar-refractivity contribution in [1.29, 1.82) is 0 Å². The summed E-state index contributed by atoms with van der Waals surface area (Å²) in [6, 6.07) is 14.3. The van der Waals surface area contributed by atoms with Crippen molar-refractivity contribution in [1.82, 2.24) is 20.4 Å². The van der Waals surface area contributed by atoms with Gasteiger partial charge in [0.05, 0.1) is 36.3 Å². The van der Waals surface area contributed by atoms with E-state index in [-0.39, 0.29) is 19.0 Å². The number of hydrogen-bond donors (Lipinski definition) is 6. The summed E-state index contributed by atoms with van der Waals surface area (Å²) in [5.74, 6) is -0.0680. The summed E-state index contributed by atoms with van der Waals surface area (Å²) in [6.45, 7) is 3.43. The van der Waals surface area contributed by atoms with Crippen molar-refractivity contribution in [3.63, 3.8) is 0 Å². The highest BCUT2D eigenvalue weighted by atomic mass is 32.3. The summed E-state index contributed by atoms with van der Waals surface area (Å²) in [7, 11) is -2.96. The van der Waals surface area contributed by atoms with Gasteiger partial charge in [0.1, 0.15) is 6.67 Å². The van der Waals surface area contributed by atoms with E-state index in [1.165, 1.54) is 4.68 Å². The molecule has 1 amide bonds. The van der Waals surface area contributed by atoms with Crippen LogP contribution in [0.5, 0.6) is 0 Å². The van der Waals surface area contributed by atoms with E-state index < -0.39 is 29.6 Å². The Hall–Kier alpha value is -3.16. The molecular formula is C29H41FN6O4S. The summed E-state index contributed by atoms with van der Waals surface area (Å²) in [4.78, 5) is 13.6. The number of anilines is 2. The number of aromatic nitrogens is 2. The van der Waals surface area contributed by atoms with E-state index in [1.54, 1.807) is 28.8 Å². The number of rotatable bonds is 14. The molecule has 12 heteroatoms. The normalized spacial score (nSPS) is 17.0. The molecule has 0 bridgehead atoms. The van der Waals surface area contributed by atoms with Gasteiger partial charge in [-0.15, -0.1) is 10.8 Å². The lowest BCUT2D eigenvalue weighted by atomic mass is 10.00. The summed E-state index contributed by atoms with van der Waals surface area (Å²) in [5, 5.41) is 24.7. The van der Waals surface area contributed by atoms with E-state index >= 15 is 0 Å². The average Bonchev–Trinajstić information content (AvgIpc) is 3.40. The smallest absolute Gasteiger partial charge is 0.251 e. The molecule has 0 unspecified atom stereocenters. The molecule has 10 nitrogen and oxygen atoms in total. The van der Waals surface area contributed by atoms with E-state index in [1.807, 2.05) is 43.3 Å². The second-order valence-corrected chi connectivity index (χ2v) is 12.3. The first-order valence-corrected chi connectivity index (χ1v) is 15.7. The topological polar surface area (TPSA) is 135 Å². The number of carbonyl (C=O) groups excluding carboxylic acids is 1. The third kappa shape index (κ3) is 8.66. The molecule has 0 aliphatic carbocycles. The molecule has 2 heterocycles. The van der Waals surface area contributed by atoms with E-state index in [0.717, 1.165) is 24.0 Å². The highest BCUT2D eigenvalue weighted by Gasteiger charge is 2.28. The quantitative estimate of drug-likeness (QED) is 0.166. The Morgan fingerprint density at radius 3 is 2.68 bits per heavy atom. The van der Waals surface area contributed by atoms with Crippen molar-refractivity contribution in [2.45, 2.75) is 51.4 Å². The lowest BCUT2D eigenvalue weighted by Crippen LogP contribution is -2.48. The van der Waals surface area contributed by atoms with Crippen molar-refractivity contribution in [3.8, 4) is 0 Å². The molecule has 2 aromatic carbocycles. The van der Waals surface area contributed by atoms with Crippen molar-refractivity contribution < 1.29 is 23.4 Å². The van der Waals surface area contributed by atoms with Crippen LogP contribution in [0, 0.1) is 0 Å². The molecule has 1 aliphatic heterocycles. The van der Waals surface area contributed by atoms with E-state index in [2.05, 4.69) is 21.0 Å². The van der Waals surface area contributed by atoms with Crippen molar-refractivity contribution >= 4 is 28.1 Å². The fraction of sp³-hybridized carbons (Fsp3) is 0.448. The SMILES string of the molecule is CCNc1cc(C(=O)N[C@@H](Cc2ccccc2)[C@@H](O)CNCc2cnn(CCF)c2)cc(N2CCCCS2(O)O)c1. The third-order valence-electron chi connectivity index (χ3n) is 6.99. The van der Waals surface area contributed by atoms with Crippen LogP contribution in [-0.2, 0) is 19.5 Å². The lowest BCUT2D eigenvalue weighted by Gasteiger charge is -2.47. The van der Waals surface area contributed by atoms with E-state index in [0.29, 0.717) is 48.7 Å². The number of halogens is 1. The molecule has 3 aromatic rings. The Labute approximate surface area is 242 Å². The van der Waals surface area contributed by atoms with Crippen LogP contribution in [0.15, 0.2) is 60.9 Å². The minimum Gasteiger partial charge on any atom is -0.390 e. The van der Waals surface area contributed by atoms with Crippen LogP contribution >= 0.6 is 10.8 Å². The standard InChI is InChI=1S/C29H41FN6O4S/c1-2-32-25-15-24(16-26(17-25)36-11-6-7-13-41(36,39)40)29(38)34-27(14-22-8-4-3-5-9-22)28(37)20-31-18-23-19-33-35(21-23)12-10-30/h3-5,8-9,15-17,19,21,27-28,31-32,37,39-40H,2,6-7,10-14,18,20H2,1H3,(H,34,38)/t27-,28-/m0/s1. The summed E-state index contributed by atoms with van der Waals surface area (Å²) in [5.41, 5.74) is 3.46. The monoisotopic (exact) mass is 588 g/mol. The molecule has 6 N–H and O–H groups in total. The zero-order chi connectivity index (χ0) is 29.2. The zero-order valence-electron chi connectivity index (χ0n) is 23.4. The maximum Gasteiger partial charge on any atom is 0.251 e. The first kappa shape index (κ1) is 30.8. The van der Waals surface area contributed by atoms with Gasteiger partial charge < -0.3 is 21.1 Å². The molecule has 4 rings (SSSR count). The molecule has 0 saturated carbocycles. The number of aliphatic hydroxyl groups is 1. The molecule has 2 atom stereocenters. The molecule has 224 valence electrons. The fourth-order valence-electron chi connectivity index (χ4n) is 4.91. The lowest BCUT2D eigenvalue weighted by molar-refractivity contribution is 0.0830. The van der Waals surface area contributed by atoms with Crippen LogP contribution in [0.4, 0.5) is 15.8 Å². The van der Waals surface area contributed by atoms with Gasteiger partial charge in [-0.1, -0.05) is 30.3 Å².